The van der Waals surface area contributed by atoms with Gasteiger partial charge in [-0.05, 0) is 57.8 Å². The Labute approximate surface area is 139 Å². The topological polar surface area (TPSA) is 38.1 Å². The molecule has 4 rings (SSSR count). The van der Waals surface area contributed by atoms with Crippen LogP contribution in [0.1, 0.15) is 68.8 Å². The van der Waals surface area contributed by atoms with E-state index >= 15 is 0 Å². The van der Waals surface area contributed by atoms with Gasteiger partial charge in [-0.2, -0.15) is 0 Å². The minimum atomic E-state index is 0.380. The second-order valence-electron chi connectivity index (χ2n) is 7.87. The van der Waals surface area contributed by atoms with Crippen molar-refractivity contribution >= 4 is 5.91 Å². The molecule has 0 spiro atoms. The van der Waals surface area contributed by atoms with Gasteiger partial charge in [-0.3, -0.25) is 4.79 Å². The highest BCUT2D eigenvalue weighted by Crippen LogP contribution is 2.36. The number of amides is 1. The molecule has 0 bridgehead atoms. The normalized spacial score (nSPS) is 23.1. The van der Waals surface area contributed by atoms with Crippen LogP contribution in [0.4, 0.5) is 0 Å². The van der Waals surface area contributed by atoms with Crippen molar-refractivity contribution in [1.82, 2.24) is 14.5 Å². The Kier molecular flexibility index (Phi) is 4.16. The van der Waals surface area contributed by atoms with Crippen LogP contribution in [0.15, 0.2) is 6.20 Å². The van der Waals surface area contributed by atoms with Crippen molar-refractivity contribution in [3.05, 3.63) is 17.7 Å². The second kappa shape index (κ2) is 6.29. The Bertz CT molecular complexity index is 563. The SMILES string of the molecule is Cc1cnc(C2CCC2)n1CCC1CCN(C(=O)C2CC2)CC1. The number of piperidine rings is 1. The first-order valence-electron chi connectivity index (χ1n) is 9.53. The van der Waals surface area contributed by atoms with E-state index in [0.717, 1.165) is 38.4 Å². The third-order valence-corrected chi connectivity index (χ3v) is 6.17. The molecular weight excluding hydrogens is 286 g/mol. The number of hydrogen-bond donors (Lipinski definition) is 0. The molecule has 1 aromatic heterocycles. The fourth-order valence-corrected chi connectivity index (χ4v) is 4.10. The van der Waals surface area contributed by atoms with Gasteiger partial charge in [-0.1, -0.05) is 6.42 Å². The van der Waals surface area contributed by atoms with Crippen molar-refractivity contribution in [2.75, 3.05) is 13.1 Å². The molecule has 2 saturated carbocycles. The zero-order chi connectivity index (χ0) is 15.8. The van der Waals surface area contributed by atoms with Crippen LogP contribution in [0.3, 0.4) is 0 Å². The molecule has 0 radical (unpaired) electrons. The Balaban J connectivity index is 1.29. The van der Waals surface area contributed by atoms with Crippen molar-refractivity contribution in [3.63, 3.8) is 0 Å². The van der Waals surface area contributed by atoms with Crippen molar-refractivity contribution in [2.24, 2.45) is 11.8 Å². The van der Waals surface area contributed by atoms with E-state index in [2.05, 4.69) is 21.4 Å². The van der Waals surface area contributed by atoms with Gasteiger partial charge in [0.25, 0.3) is 0 Å². The number of imidazole rings is 1. The summed E-state index contributed by atoms with van der Waals surface area (Å²) in [6.45, 7) is 5.27. The molecular formula is C19H29N3O. The summed E-state index contributed by atoms with van der Waals surface area (Å²) in [5, 5.41) is 0. The van der Waals surface area contributed by atoms with Gasteiger partial charge in [-0.25, -0.2) is 4.98 Å². The lowest BCUT2D eigenvalue weighted by Crippen LogP contribution is -2.39. The van der Waals surface area contributed by atoms with Gasteiger partial charge in [-0.15, -0.1) is 0 Å². The average Bonchev–Trinajstić information content (AvgIpc) is 3.30. The summed E-state index contributed by atoms with van der Waals surface area (Å²) in [6.07, 6.45) is 11.9. The fourth-order valence-electron chi connectivity index (χ4n) is 4.10. The van der Waals surface area contributed by atoms with Gasteiger partial charge in [0.2, 0.25) is 5.91 Å². The summed E-state index contributed by atoms with van der Waals surface area (Å²) in [6, 6.07) is 0. The second-order valence-corrected chi connectivity index (χ2v) is 7.87. The van der Waals surface area contributed by atoms with Crippen molar-refractivity contribution in [2.45, 2.75) is 70.8 Å². The van der Waals surface area contributed by atoms with Gasteiger partial charge < -0.3 is 9.47 Å². The zero-order valence-corrected chi connectivity index (χ0v) is 14.3. The maximum Gasteiger partial charge on any atom is 0.225 e. The molecule has 0 aromatic carbocycles. The highest BCUT2D eigenvalue weighted by molar-refractivity contribution is 5.81. The van der Waals surface area contributed by atoms with Crippen LogP contribution in [0.5, 0.6) is 0 Å². The molecule has 4 heteroatoms. The number of likely N-dealkylation sites (tertiary alicyclic amines) is 1. The number of nitrogens with zero attached hydrogens (tertiary/aromatic N) is 3. The fraction of sp³-hybridized carbons (Fsp3) is 0.789. The number of carbonyl (C=O) groups is 1. The Morgan fingerprint density at radius 1 is 1.17 bits per heavy atom. The highest BCUT2D eigenvalue weighted by atomic mass is 16.2. The van der Waals surface area contributed by atoms with Gasteiger partial charge in [0.15, 0.2) is 0 Å². The van der Waals surface area contributed by atoms with Gasteiger partial charge in [0, 0.05) is 43.4 Å². The third-order valence-electron chi connectivity index (χ3n) is 6.17. The summed E-state index contributed by atoms with van der Waals surface area (Å²) in [7, 11) is 0. The van der Waals surface area contributed by atoms with Crippen LogP contribution in [0.25, 0.3) is 0 Å². The van der Waals surface area contributed by atoms with E-state index in [1.165, 1.54) is 50.0 Å². The summed E-state index contributed by atoms with van der Waals surface area (Å²) < 4.78 is 2.46. The highest BCUT2D eigenvalue weighted by Gasteiger charge is 2.34. The monoisotopic (exact) mass is 315 g/mol. The minimum Gasteiger partial charge on any atom is -0.342 e. The number of rotatable bonds is 5. The molecule has 3 fully saturated rings. The Hall–Kier alpha value is -1.32. The van der Waals surface area contributed by atoms with Crippen LogP contribution < -0.4 is 0 Å². The van der Waals surface area contributed by atoms with Crippen molar-refractivity contribution in [1.29, 1.82) is 0 Å². The van der Waals surface area contributed by atoms with Gasteiger partial charge in [0.05, 0.1) is 0 Å². The molecule has 1 aromatic rings. The smallest absolute Gasteiger partial charge is 0.225 e. The Morgan fingerprint density at radius 2 is 1.91 bits per heavy atom. The van der Waals surface area contributed by atoms with Crippen LogP contribution >= 0.6 is 0 Å². The molecule has 4 nitrogen and oxygen atoms in total. The van der Waals surface area contributed by atoms with Crippen molar-refractivity contribution in [3.8, 4) is 0 Å². The third kappa shape index (κ3) is 3.17. The van der Waals surface area contributed by atoms with E-state index in [9.17, 15) is 4.79 Å². The maximum absolute atomic E-state index is 12.1. The van der Waals surface area contributed by atoms with E-state index in [4.69, 9.17) is 0 Å². The van der Waals surface area contributed by atoms with Crippen LogP contribution in [0, 0.1) is 18.8 Å². The quantitative estimate of drug-likeness (QED) is 0.834. The molecule has 126 valence electrons. The number of aromatic nitrogens is 2. The largest absolute Gasteiger partial charge is 0.342 e. The zero-order valence-electron chi connectivity index (χ0n) is 14.3. The van der Waals surface area contributed by atoms with Crippen molar-refractivity contribution < 1.29 is 4.79 Å². The average molecular weight is 315 g/mol. The van der Waals surface area contributed by atoms with Crippen LogP contribution in [0.2, 0.25) is 0 Å². The maximum atomic E-state index is 12.1. The van der Waals surface area contributed by atoms with E-state index < -0.39 is 0 Å². The van der Waals surface area contributed by atoms with E-state index in [-0.39, 0.29) is 0 Å². The molecule has 2 heterocycles. The molecule has 3 aliphatic rings. The van der Waals surface area contributed by atoms with E-state index in [0.29, 0.717) is 17.7 Å². The summed E-state index contributed by atoms with van der Waals surface area (Å²) >= 11 is 0. The first-order valence-corrected chi connectivity index (χ1v) is 9.53. The number of hydrogen-bond acceptors (Lipinski definition) is 2. The summed E-state index contributed by atoms with van der Waals surface area (Å²) in [5.74, 6) is 3.62. The molecule has 2 aliphatic carbocycles. The first kappa shape index (κ1) is 15.2. The summed E-state index contributed by atoms with van der Waals surface area (Å²) in [4.78, 5) is 18.9. The van der Waals surface area contributed by atoms with Crippen LogP contribution in [-0.4, -0.2) is 33.4 Å². The Morgan fingerprint density at radius 3 is 2.52 bits per heavy atom. The van der Waals surface area contributed by atoms with Gasteiger partial charge >= 0.3 is 0 Å². The number of carbonyl (C=O) groups excluding carboxylic acids is 1. The lowest BCUT2D eigenvalue weighted by Gasteiger charge is -2.33. The molecule has 1 saturated heterocycles. The molecule has 0 unspecified atom stereocenters. The molecule has 0 atom stereocenters. The predicted octanol–water partition coefficient (Wildman–Crippen LogP) is 3.50. The standard InChI is InChI=1S/C19H29N3O/c1-14-13-20-18(16-3-2-4-16)22(14)12-9-15-7-10-21(11-8-15)19(23)17-5-6-17/h13,15-17H,2-12H2,1H3. The molecule has 1 aliphatic heterocycles. The molecule has 0 N–H and O–H groups in total. The predicted molar refractivity (Wildman–Crippen MR) is 90.2 cm³/mol. The molecule has 23 heavy (non-hydrogen) atoms. The van der Waals surface area contributed by atoms with E-state index in [1.54, 1.807) is 0 Å². The van der Waals surface area contributed by atoms with E-state index in [1.807, 2.05) is 6.20 Å². The molecule has 1 amide bonds. The number of aryl methyl sites for hydroxylation is 1. The van der Waals surface area contributed by atoms with Crippen LogP contribution in [-0.2, 0) is 11.3 Å². The van der Waals surface area contributed by atoms with Gasteiger partial charge in [0.1, 0.15) is 5.82 Å². The first-order chi connectivity index (χ1) is 11.2. The lowest BCUT2D eigenvalue weighted by atomic mass is 9.84. The lowest BCUT2D eigenvalue weighted by molar-refractivity contribution is -0.134. The summed E-state index contributed by atoms with van der Waals surface area (Å²) in [5.41, 5.74) is 1.31. The minimum absolute atomic E-state index is 0.380.